The Hall–Kier alpha value is -1.50. The van der Waals surface area contributed by atoms with Gasteiger partial charge in [-0.3, -0.25) is 0 Å². The molecule has 3 N–H and O–H groups in total. The molecule has 0 bridgehead atoms. The average molecular weight is 586 g/mol. The fourth-order valence-electron chi connectivity index (χ4n) is 8.30. The SMILES string of the molecule is CC1(C)CCC(Oc2cc(OC3CCC(C)(C)NC(C)(C)C3)cc(OC3CCC(C)(C)NC(C)(C)C3)c2)CC(C)(C)N1. The zero-order valence-electron chi connectivity index (χ0n) is 29.1. The first-order valence-electron chi connectivity index (χ1n) is 16.6. The second-order valence-electron chi connectivity index (χ2n) is 17.8. The first kappa shape index (κ1) is 33.4. The molecule has 1 aromatic rings. The van der Waals surface area contributed by atoms with Gasteiger partial charge in [0.2, 0.25) is 0 Å². The minimum atomic E-state index is -0.00439. The third-order valence-electron chi connectivity index (χ3n) is 9.28. The molecule has 3 fully saturated rings. The topological polar surface area (TPSA) is 63.8 Å². The van der Waals surface area contributed by atoms with Crippen molar-refractivity contribution in [1.29, 1.82) is 0 Å². The first-order valence-corrected chi connectivity index (χ1v) is 16.6. The molecule has 0 saturated carbocycles. The predicted octanol–water partition coefficient (Wildman–Crippen LogP) is 7.92. The fourth-order valence-corrected chi connectivity index (χ4v) is 8.30. The van der Waals surface area contributed by atoms with Gasteiger partial charge in [-0.25, -0.2) is 0 Å². The second-order valence-corrected chi connectivity index (χ2v) is 17.8. The Labute approximate surface area is 257 Å². The van der Waals surface area contributed by atoms with Gasteiger partial charge in [0, 0.05) is 70.7 Å². The Balaban J connectivity index is 1.60. The number of rotatable bonds is 6. The summed E-state index contributed by atoms with van der Waals surface area (Å²) in [5.41, 5.74) is 0.246. The van der Waals surface area contributed by atoms with Crippen LogP contribution in [0.15, 0.2) is 18.2 Å². The molecule has 6 heteroatoms. The third-order valence-corrected chi connectivity index (χ3v) is 9.28. The summed E-state index contributed by atoms with van der Waals surface area (Å²) < 4.78 is 20.4. The van der Waals surface area contributed by atoms with E-state index in [1.54, 1.807) is 0 Å². The molecule has 3 aliphatic rings. The van der Waals surface area contributed by atoms with E-state index in [9.17, 15) is 0 Å². The summed E-state index contributed by atoms with van der Waals surface area (Å²) in [6.07, 6.45) is 9.48. The number of hydrogen-bond donors (Lipinski definition) is 3. The molecule has 240 valence electrons. The van der Waals surface area contributed by atoms with E-state index in [1.165, 1.54) is 0 Å². The lowest BCUT2D eigenvalue weighted by molar-refractivity contribution is 0.141. The first-order chi connectivity index (χ1) is 19.1. The smallest absolute Gasteiger partial charge is 0.127 e. The van der Waals surface area contributed by atoms with Crippen molar-refractivity contribution in [2.75, 3.05) is 0 Å². The van der Waals surface area contributed by atoms with Crippen molar-refractivity contribution >= 4 is 0 Å². The molecular weight excluding hydrogens is 522 g/mol. The van der Waals surface area contributed by atoms with Gasteiger partial charge in [0.25, 0.3) is 0 Å². The summed E-state index contributed by atoms with van der Waals surface area (Å²) >= 11 is 0. The summed E-state index contributed by atoms with van der Waals surface area (Å²) in [6, 6.07) is 6.30. The predicted molar refractivity (Wildman–Crippen MR) is 175 cm³/mol. The second kappa shape index (κ2) is 11.8. The van der Waals surface area contributed by atoms with Crippen LogP contribution in [0.1, 0.15) is 141 Å². The maximum Gasteiger partial charge on any atom is 0.127 e. The van der Waals surface area contributed by atoms with Gasteiger partial charge in [-0.05, 0) is 122 Å². The number of benzene rings is 1. The van der Waals surface area contributed by atoms with Gasteiger partial charge in [0.15, 0.2) is 0 Å². The molecule has 6 nitrogen and oxygen atoms in total. The summed E-state index contributed by atoms with van der Waals surface area (Å²) in [5.74, 6) is 2.54. The Morgan fingerprint density at radius 2 is 0.667 bits per heavy atom. The Morgan fingerprint density at radius 3 is 0.905 bits per heavy atom. The highest BCUT2D eigenvalue weighted by Gasteiger charge is 2.38. The van der Waals surface area contributed by atoms with Crippen LogP contribution < -0.4 is 30.2 Å². The molecule has 3 atom stereocenters. The van der Waals surface area contributed by atoms with E-state index in [-0.39, 0.29) is 51.5 Å². The van der Waals surface area contributed by atoms with Crippen molar-refractivity contribution in [2.24, 2.45) is 0 Å². The number of hydrogen-bond acceptors (Lipinski definition) is 6. The van der Waals surface area contributed by atoms with Crippen molar-refractivity contribution in [2.45, 2.75) is 192 Å². The van der Waals surface area contributed by atoms with Crippen LogP contribution in [0.4, 0.5) is 0 Å². The molecule has 0 spiro atoms. The highest BCUT2D eigenvalue weighted by atomic mass is 16.5. The molecule has 0 amide bonds. The van der Waals surface area contributed by atoms with Gasteiger partial charge < -0.3 is 30.2 Å². The monoisotopic (exact) mass is 585 g/mol. The van der Waals surface area contributed by atoms with Crippen molar-refractivity contribution < 1.29 is 14.2 Å². The zero-order valence-corrected chi connectivity index (χ0v) is 29.1. The van der Waals surface area contributed by atoms with Crippen LogP contribution in [0.3, 0.4) is 0 Å². The van der Waals surface area contributed by atoms with Crippen LogP contribution in [0.2, 0.25) is 0 Å². The zero-order chi connectivity index (χ0) is 31.2. The van der Waals surface area contributed by atoms with Crippen molar-refractivity contribution in [1.82, 2.24) is 16.0 Å². The standard InChI is InChI=1S/C36H63N3O3/c1-31(2)16-13-25(22-34(7,8)37-31)40-28-19-29(41-26-14-17-32(3,4)38-35(9,10)23-26)21-30(20-28)42-27-15-18-33(5,6)39-36(11,12)24-27/h19-21,25-27,37-39H,13-18,22-24H2,1-12H3. The van der Waals surface area contributed by atoms with Crippen LogP contribution in [0, 0.1) is 0 Å². The van der Waals surface area contributed by atoms with Crippen molar-refractivity contribution in [3.05, 3.63) is 18.2 Å². The summed E-state index contributed by atoms with van der Waals surface area (Å²) in [5, 5.41) is 11.5. The molecule has 1 aromatic carbocycles. The van der Waals surface area contributed by atoms with Gasteiger partial charge in [-0.2, -0.15) is 0 Å². The summed E-state index contributed by atoms with van der Waals surface area (Å²) in [4.78, 5) is 0. The Kier molecular flexibility index (Phi) is 9.37. The molecule has 0 aromatic heterocycles. The lowest BCUT2D eigenvalue weighted by Crippen LogP contribution is -2.51. The molecule has 42 heavy (non-hydrogen) atoms. The van der Waals surface area contributed by atoms with E-state index in [2.05, 4.69) is 117 Å². The van der Waals surface area contributed by atoms with Crippen LogP contribution in [-0.4, -0.2) is 51.5 Å². The van der Waals surface area contributed by atoms with E-state index < -0.39 is 0 Å². The molecule has 3 heterocycles. The van der Waals surface area contributed by atoms with E-state index >= 15 is 0 Å². The van der Waals surface area contributed by atoms with Crippen LogP contribution in [0.25, 0.3) is 0 Å². The molecular formula is C36H63N3O3. The number of nitrogens with one attached hydrogen (secondary N) is 3. The molecule has 0 aliphatic carbocycles. The normalized spacial score (nSPS) is 31.6. The maximum absolute atomic E-state index is 6.80. The average Bonchev–Trinajstić information content (AvgIpc) is 3.00. The number of ether oxygens (including phenoxy) is 3. The largest absolute Gasteiger partial charge is 0.490 e. The van der Waals surface area contributed by atoms with E-state index in [4.69, 9.17) is 14.2 Å². The van der Waals surface area contributed by atoms with Crippen LogP contribution in [-0.2, 0) is 0 Å². The molecule has 3 saturated heterocycles. The highest BCUT2D eigenvalue weighted by molar-refractivity contribution is 5.42. The lowest BCUT2D eigenvalue weighted by atomic mass is 9.96. The van der Waals surface area contributed by atoms with Crippen LogP contribution in [0.5, 0.6) is 17.2 Å². The van der Waals surface area contributed by atoms with Gasteiger partial charge in [0.05, 0.1) is 0 Å². The Morgan fingerprint density at radius 1 is 0.429 bits per heavy atom. The minimum Gasteiger partial charge on any atom is -0.490 e. The third kappa shape index (κ3) is 10.0. The lowest BCUT2D eigenvalue weighted by Gasteiger charge is -2.35. The molecule has 3 unspecified atom stereocenters. The quantitative estimate of drug-likeness (QED) is 0.315. The molecule has 4 rings (SSSR count). The van der Waals surface area contributed by atoms with Gasteiger partial charge in [-0.1, -0.05) is 0 Å². The van der Waals surface area contributed by atoms with Gasteiger partial charge >= 0.3 is 0 Å². The summed E-state index contributed by atoms with van der Waals surface area (Å²) in [7, 11) is 0. The molecule has 3 aliphatic heterocycles. The van der Waals surface area contributed by atoms with E-state index in [0.717, 1.165) is 75.0 Å². The molecule has 0 radical (unpaired) electrons. The maximum atomic E-state index is 6.80. The van der Waals surface area contributed by atoms with Crippen molar-refractivity contribution in [3.8, 4) is 17.2 Å². The minimum absolute atomic E-state index is 0.00439. The van der Waals surface area contributed by atoms with Crippen LogP contribution >= 0.6 is 0 Å². The summed E-state index contributed by atoms with van der Waals surface area (Å²) in [6.45, 7) is 27.5. The van der Waals surface area contributed by atoms with E-state index in [0.29, 0.717) is 0 Å². The van der Waals surface area contributed by atoms with E-state index in [1.807, 2.05) is 0 Å². The van der Waals surface area contributed by atoms with Crippen molar-refractivity contribution in [3.63, 3.8) is 0 Å². The van der Waals surface area contributed by atoms with Gasteiger partial charge in [-0.15, -0.1) is 0 Å². The van der Waals surface area contributed by atoms with Gasteiger partial charge in [0.1, 0.15) is 35.6 Å². The fraction of sp³-hybridized carbons (Fsp3) is 0.833. The highest BCUT2D eigenvalue weighted by Crippen LogP contribution is 2.37. The Bertz CT molecular complexity index is 929.